The minimum absolute atomic E-state index is 0. The molecule has 0 unspecified atom stereocenters. The largest absolute Gasteiger partial charge is 0.870 e. The monoisotopic (exact) mass is 181 g/mol. The third-order valence-corrected chi connectivity index (χ3v) is 1.92. The SMILES string of the molecule is C[N+](CCO)(CCO)CCO.[OH-]. The van der Waals surface area contributed by atoms with Gasteiger partial charge >= 0.3 is 0 Å². The van der Waals surface area contributed by atoms with Gasteiger partial charge in [-0.1, -0.05) is 0 Å². The van der Waals surface area contributed by atoms with Crippen molar-refractivity contribution >= 4 is 0 Å². The van der Waals surface area contributed by atoms with Crippen LogP contribution in [-0.4, -0.2) is 71.8 Å². The van der Waals surface area contributed by atoms with Crippen molar-refractivity contribution < 1.29 is 25.3 Å². The van der Waals surface area contributed by atoms with E-state index in [0.29, 0.717) is 24.1 Å². The van der Waals surface area contributed by atoms with Crippen LogP contribution in [0.5, 0.6) is 0 Å². The van der Waals surface area contributed by atoms with Gasteiger partial charge in [0, 0.05) is 0 Å². The lowest BCUT2D eigenvalue weighted by Gasteiger charge is -2.32. The molecule has 0 aliphatic heterocycles. The molecule has 5 heteroatoms. The first kappa shape index (κ1) is 14.3. The molecule has 0 rings (SSSR count). The fourth-order valence-electron chi connectivity index (χ4n) is 1.06. The standard InChI is InChI=1S/C7H18NO3.H2O/c1-8(2-5-9,3-6-10)4-7-11;/h9-11H,2-7H2,1H3;1H2/q+1;/p-1. The molecule has 0 aromatic heterocycles. The summed E-state index contributed by atoms with van der Waals surface area (Å²) in [6.45, 7) is 2.03. The fourth-order valence-corrected chi connectivity index (χ4v) is 1.06. The molecule has 76 valence electrons. The smallest absolute Gasteiger partial charge is 0.102 e. The first-order valence-corrected chi connectivity index (χ1v) is 3.84. The summed E-state index contributed by atoms with van der Waals surface area (Å²) in [5, 5.41) is 26.0. The normalized spacial score (nSPS) is 11.0. The zero-order valence-electron chi connectivity index (χ0n) is 7.48. The lowest BCUT2D eigenvalue weighted by Crippen LogP contribution is -2.49. The van der Waals surface area contributed by atoms with Crippen molar-refractivity contribution in [1.29, 1.82) is 0 Å². The maximum Gasteiger partial charge on any atom is 0.102 e. The molecule has 0 spiro atoms. The molecule has 0 aromatic carbocycles. The molecule has 4 N–H and O–H groups in total. The number of rotatable bonds is 6. The van der Waals surface area contributed by atoms with Gasteiger partial charge in [0.2, 0.25) is 0 Å². The van der Waals surface area contributed by atoms with E-state index in [4.69, 9.17) is 15.3 Å². The summed E-state index contributed by atoms with van der Waals surface area (Å²) in [6.07, 6.45) is 0. The maximum absolute atomic E-state index is 8.68. The molecule has 0 aromatic rings. The summed E-state index contributed by atoms with van der Waals surface area (Å²) in [5.41, 5.74) is 0. The van der Waals surface area contributed by atoms with Crippen molar-refractivity contribution in [2.24, 2.45) is 0 Å². The molecule has 0 heterocycles. The van der Waals surface area contributed by atoms with Gasteiger partial charge in [-0.2, -0.15) is 0 Å². The molecule has 0 amide bonds. The lowest BCUT2D eigenvalue weighted by molar-refractivity contribution is -0.910. The topological polar surface area (TPSA) is 90.7 Å². The summed E-state index contributed by atoms with van der Waals surface area (Å²) < 4.78 is 0.531. The molecule has 5 nitrogen and oxygen atoms in total. The maximum atomic E-state index is 8.68. The van der Waals surface area contributed by atoms with Crippen LogP contribution in [0.3, 0.4) is 0 Å². The highest BCUT2D eigenvalue weighted by Crippen LogP contribution is 1.99. The third kappa shape index (κ3) is 5.45. The highest BCUT2D eigenvalue weighted by atomic mass is 16.3. The number of aliphatic hydroxyl groups excluding tert-OH is 3. The minimum Gasteiger partial charge on any atom is -0.870 e. The molecule has 0 radical (unpaired) electrons. The van der Waals surface area contributed by atoms with Crippen molar-refractivity contribution in [3.05, 3.63) is 0 Å². The lowest BCUT2D eigenvalue weighted by atomic mass is 10.4. The van der Waals surface area contributed by atoms with E-state index in [1.807, 2.05) is 7.05 Å². The van der Waals surface area contributed by atoms with Crippen molar-refractivity contribution in [1.82, 2.24) is 0 Å². The molecule has 0 aliphatic carbocycles. The van der Waals surface area contributed by atoms with Crippen LogP contribution in [-0.2, 0) is 0 Å². The first-order valence-electron chi connectivity index (χ1n) is 3.84. The van der Waals surface area contributed by atoms with Gasteiger partial charge in [-0.05, 0) is 0 Å². The van der Waals surface area contributed by atoms with Crippen LogP contribution >= 0.6 is 0 Å². The number of likely N-dealkylation sites (N-methyl/N-ethyl adjacent to an activating group) is 1. The Hall–Kier alpha value is -0.200. The minimum atomic E-state index is 0. The second kappa shape index (κ2) is 7.45. The van der Waals surface area contributed by atoms with Crippen LogP contribution in [0.2, 0.25) is 0 Å². The Bertz CT molecular complexity index is 82.4. The van der Waals surface area contributed by atoms with E-state index < -0.39 is 0 Å². The van der Waals surface area contributed by atoms with E-state index in [0.717, 1.165) is 0 Å². The molecule has 0 bridgehead atoms. The van der Waals surface area contributed by atoms with Crippen molar-refractivity contribution in [2.75, 3.05) is 46.5 Å². The van der Waals surface area contributed by atoms with Gasteiger partial charge in [-0.3, -0.25) is 0 Å². The predicted octanol–water partition coefficient (Wildman–Crippen LogP) is -1.77. The summed E-state index contributed by atoms with van der Waals surface area (Å²) in [4.78, 5) is 0. The van der Waals surface area contributed by atoms with Crippen LogP contribution in [0, 0.1) is 0 Å². The van der Waals surface area contributed by atoms with Gasteiger partial charge in [-0.25, -0.2) is 0 Å². The molecular weight excluding hydrogens is 162 g/mol. The van der Waals surface area contributed by atoms with E-state index in [2.05, 4.69) is 0 Å². The van der Waals surface area contributed by atoms with Crippen molar-refractivity contribution in [3.63, 3.8) is 0 Å². The zero-order valence-corrected chi connectivity index (χ0v) is 7.48. The summed E-state index contributed by atoms with van der Waals surface area (Å²) >= 11 is 0. The van der Waals surface area contributed by atoms with Crippen molar-refractivity contribution in [3.8, 4) is 0 Å². The van der Waals surface area contributed by atoms with E-state index in [9.17, 15) is 0 Å². The van der Waals surface area contributed by atoms with Gasteiger partial charge < -0.3 is 25.3 Å². The Kier molecular flexibility index (Phi) is 8.90. The Balaban J connectivity index is 0. The third-order valence-electron chi connectivity index (χ3n) is 1.92. The highest BCUT2D eigenvalue weighted by Gasteiger charge is 2.18. The molecule has 12 heavy (non-hydrogen) atoms. The quantitative estimate of drug-likeness (QED) is 0.423. The fraction of sp³-hybridized carbons (Fsp3) is 1.00. The van der Waals surface area contributed by atoms with Gasteiger partial charge in [-0.15, -0.1) is 0 Å². The Morgan fingerprint density at radius 2 is 1.08 bits per heavy atom. The average Bonchev–Trinajstić information content (AvgIpc) is 1.88. The Morgan fingerprint density at radius 3 is 1.25 bits per heavy atom. The molecule has 0 aliphatic rings. The second-order valence-corrected chi connectivity index (χ2v) is 2.96. The average molecular weight is 181 g/mol. The van der Waals surface area contributed by atoms with Gasteiger partial charge in [0.05, 0.1) is 26.9 Å². The number of hydrogen-bond donors (Lipinski definition) is 3. The molecule has 0 saturated heterocycles. The zero-order chi connectivity index (χ0) is 8.74. The highest BCUT2D eigenvalue weighted by molar-refractivity contribution is 4.37. The number of nitrogens with zero attached hydrogens (tertiary/aromatic N) is 1. The van der Waals surface area contributed by atoms with Crippen LogP contribution in [0.1, 0.15) is 0 Å². The van der Waals surface area contributed by atoms with Crippen molar-refractivity contribution in [2.45, 2.75) is 0 Å². The first-order chi connectivity index (χ1) is 5.18. The van der Waals surface area contributed by atoms with Crippen LogP contribution < -0.4 is 0 Å². The van der Waals surface area contributed by atoms with Crippen LogP contribution in [0.25, 0.3) is 0 Å². The molecule has 0 atom stereocenters. The van der Waals surface area contributed by atoms with E-state index >= 15 is 0 Å². The summed E-state index contributed by atoms with van der Waals surface area (Å²) in [6, 6.07) is 0. The van der Waals surface area contributed by atoms with E-state index in [-0.39, 0.29) is 25.3 Å². The number of hydrogen-bond acceptors (Lipinski definition) is 4. The molecular formula is C7H19NO4. The Morgan fingerprint density at radius 1 is 0.833 bits per heavy atom. The molecule has 0 fully saturated rings. The Labute approximate surface area is 72.8 Å². The summed E-state index contributed by atoms with van der Waals surface area (Å²) in [7, 11) is 1.91. The van der Waals surface area contributed by atoms with Crippen LogP contribution in [0.15, 0.2) is 0 Å². The van der Waals surface area contributed by atoms with Crippen LogP contribution in [0.4, 0.5) is 0 Å². The predicted molar refractivity (Wildman–Crippen MR) is 44.0 cm³/mol. The number of aliphatic hydroxyl groups is 3. The second-order valence-electron chi connectivity index (χ2n) is 2.96. The summed E-state index contributed by atoms with van der Waals surface area (Å²) in [5.74, 6) is 0. The van der Waals surface area contributed by atoms with Gasteiger partial charge in [0.15, 0.2) is 0 Å². The molecule has 0 saturated carbocycles. The van der Waals surface area contributed by atoms with E-state index in [1.165, 1.54) is 0 Å². The van der Waals surface area contributed by atoms with Gasteiger partial charge in [0.25, 0.3) is 0 Å². The van der Waals surface area contributed by atoms with E-state index in [1.54, 1.807) is 0 Å². The number of quaternary nitrogens is 1. The van der Waals surface area contributed by atoms with Gasteiger partial charge in [0.1, 0.15) is 19.6 Å².